The average molecular weight is 370 g/mol. The van der Waals surface area contributed by atoms with Crippen LogP contribution in [0.15, 0.2) is 48.8 Å². The number of aromatic nitrogens is 2. The second-order valence-corrected chi connectivity index (χ2v) is 6.81. The van der Waals surface area contributed by atoms with Gasteiger partial charge in [0.25, 0.3) is 0 Å². The van der Waals surface area contributed by atoms with Crippen LogP contribution in [-0.4, -0.2) is 20.0 Å². The molecule has 1 unspecified atom stereocenters. The van der Waals surface area contributed by atoms with E-state index in [2.05, 4.69) is 9.97 Å². The van der Waals surface area contributed by atoms with Crippen molar-refractivity contribution >= 4 is 11.6 Å². The third kappa shape index (κ3) is 3.09. The quantitative estimate of drug-likeness (QED) is 0.701. The van der Waals surface area contributed by atoms with Gasteiger partial charge in [-0.05, 0) is 36.2 Å². The standard InChI is InChI=1S/C20H17ClFN3O/c1-12-7-15(9-24-19(12)21)13-4-5-14(17(22)8-13)10-25-11-18-16(20(25)26)3-2-6-23-18/h2-9,20,26H,10-11H2,1H3. The molecule has 0 radical (unpaired) electrons. The molecule has 0 fully saturated rings. The molecule has 1 atom stereocenters. The van der Waals surface area contributed by atoms with Crippen LogP contribution in [0.2, 0.25) is 5.15 Å². The lowest BCUT2D eigenvalue weighted by Gasteiger charge is -2.20. The lowest BCUT2D eigenvalue weighted by atomic mass is 10.0. The maximum Gasteiger partial charge on any atom is 0.136 e. The summed E-state index contributed by atoms with van der Waals surface area (Å²) < 4.78 is 14.7. The molecule has 0 spiro atoms. The highest BCUT2D eigenvalue weighted by molar-refractivity contribution is 6.30. The Kier molecular flexibility index (Phi) is 4.44. The lowest BCUT2D eigenvalue weighted by Crippen LogP contribution is -2.22. The van der Waals surface area contributed by atoms with Crippen LogP contribution in [0.1, 0.15) is 28.6 Å². The first-order valence-corrected chi connectivity index (χ1v) is 8.67. The van der Waals surface area contributed by atoms with Crippen molar-refractivity contribution in [1.82, 2.24) is 14.9 Å². The smallest absolute Gasteiger partial charge is 0.136 e. The summed E-state index contributed by atoms with van der Waals surface area (Å²) >= 11 is 5.95. The molecule has 1 aliphatic rings. The Morgan fingerprint density at radius 3 is 2.81 bits per heavy atom. The van der Waals surface area contributed by atoms with Gasteiger partial charge in [0.1, 0.15) is 17.2 Å². The van der Waals surface area contributed by atoms with Gasteiger partial charge in [-0.3, -0.25) is 9.88 Å². The van der Waals surface area contributed by atoms with E-state index in [0.29, 0.717) is 23.8 Å². The molecule has 1 N–H and O–H groups in total. The molecule has 0 saturated carbocycles. The fraction of sp³-hybridized carbons (Fsp3) is 0.200. The Labute approximate surface area is 155 Å². The van der Waals surface area contributed by atoms with E-state index in [4.69, 9.17) is 11.6 Å². The van der Waals surface area contributed by atoms with Gasteiger partial charge < -0.3 is 5.11 Å². The summed E-state index contributed by atoms with van der Waals surface area (Å²) in [6, 6.07) is 10.6. The maximum absolute atomic E-state index is 14.7. The average Bonchev–Trinajstić information content (AvgIpc) is 2.95. The molecular weight excluding hydrogens is 353 g/mol. The molecule has 132 valence electrons. The number of aliphatic hydroxyl groups is 1. The third-order valence-corrected chi connectivity index (χ3v) is 5.07. The maximum atomic E-state index is 14.7. The van der Waals surface area contributed by atoms with Gasteiger partial charge in [-0.25, -0.2) is 9.37 Å². The number of hydrogen-bond acceptors (Lipinski definition) is 4. The minimum Gasteiger partial charge on any atom is -0.374 e. The number of rotatable bonds is 3. The first-order chi connectivity index (χ1) is 12.5. The van der Waals surface area contributed by atoms with Gasteiger partial charge in [-0.2, -0.15) is 0 Å². The molecular formula is C20H17ClFN3O. The van der Waals surface area contributed by atoms with E-state index in [0.717, 1.165) is 27.9 Å². The van der Waals surface area contributed by atoms with Crippen LogP contribution in [-0.2, 0) is 13.1 Å². The number of pyridine rings is 2. The van der Waals surface area contributed by atoms with Crippen molar-refractivity contribution in [3.63, 3.8) is 0 Å². The molecule has 6 heteroatoms. The largest absolute Gasteiger partial charge is 0.374 e. The normalized spacial score (nSPS) is 16.7. The van der Waals surface area contributed by atoms with E-state index in [1.54, 1.807) is 29.4 Å². The number of aryl methyl sites for hydroxylation is 1. The highest BCUT2D eigenvalue weighted by Gasteiger charge is 2.29. The summed E-state index contributed by atoms with van der Waals surface area (Å²) in [4.78, 5) is 10.2. The minimum atomic E-state index is -0.763. The van der Waals surface area contributed by atoms with Gasteiger partial charge in [0.05, 0.1) is 5.69 Å². The second kappa shape index (κ2) is 6.76. The SMILES string of the molecule is Cc1cc(-c2ccc(CN3Cc4ncccc4C3O)c(F)c2)cnc1Cl. The summed E-state index contributed by atoms with van der Waals surface area (Å²) in [5.41, 5.74) is 4.55. The molecule has 1 aliphatic heterocycles. The molecule has 3 aromatic rings. The molecule has 0 saturated heterocycles. The molecule has 1 aromatic carbocycles. The zero-order chi connectivity index (χ0) is 18.3. The highest BCUT2D eigenvalue weighted by Crippen LogP contribution is 2.32. The lowest BCUT2D eigenvalue weighted by molar-refractivity contribution is 0.00695. The van der Waals surface area contributed by atoms with E-state index >= 15 is 0 Å². The summed E-state index contributed by atoms with van der Waals surface area (Å²) in [5.74, 6) is -0.314. The minimum absolute atomic E-state index is 0.307. The molecule has 26 heavy (non-hydrogen) atoms. The zero-order valence-corrected chi connectivity index (χ0v) is 14.9. The summed E-state index contributed by atoms with van der Waals surface area (Å²) in [6.07, 6.45) is 2.57. The van der Waals surface area contributed by atoms with Gasteiger partial charge in [0.2, 0.25) is 0 Å². The molecule has 4 rings (SSSR count). The van der Waals surface area contributed by atoms with Gasteiger partial charge in [-0.1, -0.05) is 29.8 Å². The number of hydrogen-bond donors (Lipinski definition) is 1. The first-order valence-electron chi connectivity index (χ1n) is 8.30. The second-order valence-electron chi connectivity index (χ2n) is 6.46. The van der Waals surface area contributed by atoms with Crippen LogP contribution >= 0.6 is 11.6 Å². The molecule has 0 aliphatic carbocycles. The number of halogens is 2. The number of fused-ring (bicyclic) bond motifs is 1. The van der Waals surface area contributed by atoms with Crippen molar-refractivity contribution in [3.8, 4) is 11.1 Å². The van der Waals surface area contributed by atoms with Gasteiger partial charge in [-0.15, -0.1) is 0 Å². The highest BCUT2D eigenvalue weighted by atomic mass is 35.5. The molecule has 4 nitrogen and oxygen atoms in total. The van der Waals surface area contributed by atoms with E-state index in [9.17, 15) is 9.50 Å². The van der Waals surface area contributed by atoms with Crippen LogP contribution in [0.5, 0.6) is 0 Å². The third-order valence-electron chi connectivity index (χ3n) is 4.68. The Balaban J connectivity index is 1.57. The predicted octanol–water partition coefficient (Wildman–Crippen LogP) is 4.25. The van der Waals surface area contributed by atoms with Crippen LogP contribution in [0.4, 0.5) is 4.39 Å². The zero-order valence-electron chi connectivity index (χ0n) is 14.2. The van der Waals surface area contributed by atoms with Gasteiger partial charge in [0.15, 0.2) is 0 Å². The predicted molar refractivity (Wildman–Crippen MR) is 97.8 cm³/mol. The van der Waals surface area contributed by atoms with Crippen LogP contribution < -0.4 is 0 Å². The van der Waals surface area contributed by atoms with Crippen molar-refractivity contribution in [2.75, 3.05) is 0 Å². The number of aliphatic hydroxyl groups excluding tert-OH is 1. The Bertz CT molecular complexity index is 979. The first kappa shape index (κ1) is 17.1. The summed E-state index contributed by atoms with van der Waals surface area (Å²) in [5, 5.41) is 10.9. The Hall–Kier alpha value is -2.34. The molecule has 3 heterocycles. The van der Waals surface area contributed by atoms with E-state index in [1.807, 2.05) is 25.1 Å². The number of nitrogens with zero attached hydrogens (tertiary/aromatic N) is 3. The van der Waals surface area contributed by atoms with Gasteiger partial charge >= 0.3 is 0 Å². The van der Waals surface area contributed by atoms with Gasteiger partial charge in [0, 0.05) is 42.2 Å². The van der Waals surface area contributed by atoms with Crippen molar-refractivity contribution in [1.29, 1.82) is 0 Å². The van der Waals surface area contributed by atoms with E-state index < -0.39 is 6.23 Å². The molecule has 2 aromatic heterocycles. The van der Waals surface area contributed by atoms with E-state index in [-0.39, 0.29) is 5.82 Å². The summed E-state index contributed by atoms with van der Waals surface area (Å²) in [7, 11) is 0. The van der Waals surface area contributed by atoms with Crippen molar-refractivity contribution in [2.45, 2.75) is 26.2 Å². The topological polar surface area (TPSA) is 49.2 Å². The van der Waals surface area contributed by atoms with Crippen molar-refractivity contribution in [2.24, 2.45) is 0 Å². The molecule has 0 bridgehead atoms. The van der Waals surface area contributed by atoms with Crippen LogP contribution in [0.25, 0.3) is 11.1 Å². The summed E-state index contributed by atoms with van der Waals surface area (Å²) in [6.45, 7) is 2.67. The van der Waals surface area contributed by atoms with E-state index in [1.165, 1.54) is 6.07 Å². The van der Waals surface area contributed by atoms with Crippen molar-refractivity contribution in [3.05, 3.63) is 82.1 Å². The number of benzene rings is 1. The van der Waals surface area contributed by atoms with Crippen molar-refractivity contribution < 1.29 is 9.50 Å². The Morgan fingerprint density at radius 1 is 1.23 bits per heavy atom. The fourth-order valence-electron chi connectivity index (χ4n) is 3.23. The van der Waals surface area contributed by atoms with Crippen LogP contribution in [0.3, 0.4) is 0 Å². The molecule has 0 amide bonds. The fourth-order valence-corrected chi connectivity index (χ4v) is 3.33. The van der Waals surface area contributed by atoms with Crippen LogP contribution in [0, 0.1) is 12.7 Å². The monoisotopic (exact) mass is 369 g/mol. The Morgan fingerprint density at radius 2 is 2.08 bits per heavy atom.